The quantitative estimate of drug-likeness (QED) is 0.762. The Bertz CT molecular complexity index is 306. The van der Waals surface area contributed by atoms with Crippen LogP contribution in [0.4, 0.5) is 5.82 Å². The van der Waals surface area contributed by atoms with Gasteiger partial charge in [0.15, 0.2) is 0 Å². The molecule has 0 atom stereocenters. The Morgan fingerprint density at radius 1 is 1.00 bits per heavy atom. The highest BCUT2D eigenvalue weighted by Crippen LogP contribution is 2.03. The first-order chi connectivity index (χ1) is 8.08. The van der Waals surface area contributed by atoms with Crippen LogP contribution in [0.3, 0.4) is 0 Å². The molecule has 0 aromatic carbocycles. The standard InChI is InChI=1S/C13H24N4/c1-10(2)7-14-9-12-5-6-13(17-16-12)15-8-11(3)4/h5-6,10-11,14H,7-9H2,1-4H3,(H,15,17). The predicted octanol–water partition coefficient (Wildman–Crippen LogP) is 2.29. The molecule has 1 heterocycles. The van der Waals surface area contributed by atoms with Gasteiger partial charge in [-0.15, -0.1) is 5.10 Å². The molecule has 1 rings (SSSR count). The van der Waals surface area contributed by atoms with Crippen molar-refractivity contribution in [2.75, 3.05) is 18.4 Å². The molecule has 0 unspecified atom stereocenters. The van der Waals surface area contributed by atoms with Crippen LogP contribution in [0, 0.1) is 11.8 Å². The third-order valence-electron chi connectivity index (χ3n) is 2.27. The summed E-state index contributed by atoms with van der Waals surface area (Å²) in [6.45, 7) is 11.5. The molecule has 0 spiro atoms. The molecule has 0 saturated carbocycles. The van der Waals surface area contributed by atoms with E-state index in [1.54, 1.807) is 0 Å². The number of rotatable bonds is 7. The minimum absolute atomic E-state index is 0.615. The summed E-state index contributed by atoms with van der Waals surface area (Å²) in [7, 11) is 0. The van der Waals surface area contributed by atoms with Crippen LogP contribution in [0.2, 0.25) is 0 Å². The molecule has 17 heavy (non-hydrogen) atoms. The first-order valence-corrected chi connectivity index (χ1v) is 6.35. The summed E-state index contributed by atoms with van der Waals surface area (Å²) < 4.78 is 0. The van der Waals surface area contributed by atoms with Crippen molar-refractivity contribution in [2.45, 2.75) is 34.2 Å². The molecule has 2 N–H and O–H groups in total. The molecule has 0 bridgehead atoms. The fourth-order valence-electron chi connectivity index (χ4n) is 1.35. The van der Waals surface area contributed by atoms with Crippen molar-refractivity contribution < 1.29 is 0 Å². The Hall–Kier alpha value is -1.16. The smallest absolute Gasteiger partial charge is 0.148 e. The van der Waals surface area contributed by atoms with Gasteiger partial charge in [-0.3, -0.25) is 0 Å². The second-order valence-electron chi connectivity index (χ2n) is 5.21. The summed E-state index contributed by atoms with van der Waals surface area (Å²) in [6.07, 6.45) is 0. The van der Waals surface area contributed by atoms with E-state index in [-0.39, 0.29) is 0 Å². The molecular weight excluding hydrogens is 212 g/mol. The SMILES string of the molecule is CC(C)CNCc1ccc(NCC(C)C)nn1. The first kappa shape index (κ1) is 13.9. The molecule has 0 amide bonds. The van der Waals surface area contributed by atoms with Crippen molar-refractivity contribution in [3.05, 3.63) is 17.8 Å². The highest BCUT2D eigenvalue weighted by molar-refractivity contribution is 5.32. The second-order valence-corrected chi connectivity index (χ2v) is 5.21. The van der Waals surface area contributed by atoms with Crippen LogP contribution in [-0.2, 0) is 6.54 Å². The zero-order valence-corrected chi connectivity index (χ0v) is 11.3. The molecule has 0 aliphatic rings. The van der Waals surface area contributed by atoms with Gasteiger partial charge in [0.05, 0.1) is 5.69 Å². The number of aromatic nitrogens is 2. The lowest BCUT2D eigenvalue weighted by atomic mass is 10.2. The normalized spacial score (nSPS) is 11.2. The van der Waals surface area contributed by atoms with E-state index in [4.69, 9.17) is 0 Å². The van der Waals surface area contributed by atoms with Crippen molar-refractivity contribution in [2.24, 2.45) is 11.8 Å². The van der Waals surface area contributed by atoms with Crippen LogP contribution in [0.5, 0.6) is 0 Å². The molecular formula is C13H24N4. The Morgan fingerprint density at radius 3 is 2.24 bits per heavy atom. The summed E-state index contributed by atoms with van der Waals surface area (Å²) in [6, 6.07) is 4.00. The molecule has 96 valence electrons. The van der Waals surface area contributed by atoms with Gasteiger partial charge in [-0.1, -0.05) is 27.7 Å². The molecule has 0 fully saturated rings. The zero-order valence-electron chi connectivity index (χ0n) is 11.3. The molecule has 0 radical (unpaired) electrons. The Kier molecular flexibility index (Phi) is 5.91. The molecule has 1 aromatic rings. The largest absolute Gasteiger partial charge is 0.368 e. The average molecular weight is 236 g/mol. The molecule has 4 nitrogen and oxygen atoms in total. The highest BCUT2D eigenvalue weighted by Gasteiger charge is 1.99. The summed E-state index contributed by atoms with van der Waals surface area (Å²) in [5, 5.41) is 14.9. The van der Waals surface area contributed by atoms with Gasteiger partial charge in [0.2, 0.25) is 0 Å². The molecule has 0 aliphatic carbocycles. The fraction of sp³-hybridized carbons (Fsp3) is 0.692. The van der Waals surface area contributed by atoms with Crippen LogP contribution >= 0.6 is 0 Å². The van der Waals surface area contributed by atoms with E-state index in [0.29, 0.717) is 11.8 Å². The predicted molar refractivity (Wildman–Crippen MR) is 71.9 cm³/mol. The Balaban J connectivity index is 2.34. The van der Waals surface area contributed by atoms with E-state index < -0.39 is 0 Å². The first-order valence-electron chi connectivity index (χ1n) is 6.35. The Morgan fingerprint density at radius 2 is 1.71 bits per heavy atom. The van der Waals surface area contributed by atoms with E-state index >= 15 is 0 Å². The van der Waals surface area contributed by atoms with E-state index in [1.807, 2.05) is 12.1 Å². The van der Waals surface area contributed by atoms with Crippen LogP contribution in [0.1, 0.15) is 33.4 Å². The monoisotopic (exact) mass is 236 g/mol. The Labute approximate surface area is 104 Å². The molecule has 0 aliphatic heterocycles. The lowest BCUT2D eigenvalue weighted by molar-refractivity contribution is 0.546. The summed E-state index contributed by atoms with van der Waals surface area (Å²) in [5.74, 6) is 2.13. The third-order valence-corrected chi connectivity index (χ3v) is 2.27. The lowest BCUT2D eigenvalue weighted by Crippen LogP contribution is -2.20. The van der Waals surface area contributed by atoms with Crippen LogP contribution in [0.25, 0.3) is 0 Å². The average Bonchev–Trinajstić information content (AvgIpc) is 2.27. The third kappa shape index (κ3) is 6.22. The van der Waals surface area contributed by atoms with Gasteiger partial charge in [0.25, 0.3) is 0 Å². The van der Waals surface area contributed by atoms with Gasteiger partial charge in [-0.2, -0.15) is 5.10 Å². The number of hydrogen-bond acceptors (Lipinski definition) is 4. The minimum Gasteiger partial charge on any atom is -0.368 e. The number of anilines is 1. The van der Waals surface area contributed by atoms with Gasteiger partial charge < -0.3 is 10.6 Å². The molecule has 1 aromatic heterocycles. The molecule has 0 saturated heterocycles. The number of hydrogen-bond donors (Lipinski definition) is 2. The van der Waals surface area contributed by atoms with Gasteiger partial charge in [-0.05, 0) is 30.5 Å². The maximum absolute atomic E-state index is 4.18. The van der Waals surface area contributed by atoms with Gasteiger partial charge in [0, 0.05) is 13.1 Å². The van der Waals surface area contributed by atoms with Gasteiger partial charge in [-0.25, -0.2) is 0 Å². The van der Waals surface area contributed by atoms with Crippen molar-refractivity contribution in [3.63, 3.8) is 0 Å². The summed E-state index contributed by atoms with van der Waals surface area (Å²) in [4.78, 5) is 0. The van der Waals surface area contributed by atoms with Gasteiger partial charge in [0.1, 0.15) is 5.82 Å². The number of nitrogens with zero attached hydrogens (tertiary/aromatic N) is 2. The maximum atomic E-state index is 4.18. The summed E-state index contributed by atoms with van der Waals surface area (Å²) in [5.41, 5.74) is 0.987. The van der Waals surface area contributed by atoms with E-state index in [9.17, 15) is 0 Å². The fourth-order valence-corrected chi connectivity index (χ4v) is 1.35. The van der Waals surface area contributed by atoms with E-state index in [1.165, 1.54) is 0 Å². The van der Waals surface area contributed by atoms with E-state index in [0.717, 1.165) is 31.1 Å². The van der Waals surface area contributed by atoms with Crippen molar-refractivity contribution in [3.8, 4) is 0 Å². The minimum atomic E-state index is 0.615. The van der Waals surface area contributed by atoms with E-state index in [2.05, 4.69) is 48.5 Å². The molecule has 4 heteroatoms. The zero-order chi connectivity index (χ0) is 12.7. The maximum Gasteiger partial charge on any atom is 0.148 e. The second kappa shape index (κ2) is 7.22. The highest BCUT2D eigenvalue weighted by atomic mass is 15.2. The van der Waals surface area contributed by atoms with Crippen molar-refractivity contribution in [1.29, 1.82) is 0 Å². The van der Waals surface area contributed by atoms with Crippen molar-refractivity contribution in [1.82, 2.24) is 15.5 Å². The van der Waals surface area contributed by atoms with Crippen LogP contribution in [-0.4, -0.2) is 23.3 Å². The van der Waals surface area contributed by atoms with Crippen LogP contribution < -0.4 is 10.6 Å². The van der Waals surface area contributed by atoms with Gasteiger partial charge >= 0.3 is 0 Å². The topological polar surface area (TPSA) is 49.8 Å². The number of nitrogens with one attached hydrogen (secondary N) is 2. The lowest BCUT2D eigenvalue weighted by Gasteiger charge is -2.09. The summed E-state index contributed by atoms with van der Waals surface area (Å²) >= 11 is 0. The van der Waals surface area contributed by atoms with Crippen molar-refractivity contribution >= 4 is 5.82 Å². The van der Waals surface area contributed by atoms with Crippen LogP contribution in [0.15, 0.2) is 12.1 Å².